The van der Waals surface area contributed by atoms with Crippen LogP contribution >= 0.6 is 0 Å². The topological polar surface area (TPSA) is 70.6 Å². The average molecular weight is 364 g/mol. The molecule has 0 aromatic heterocycles. The number of methoxy groups -OCH3 is 1. The molecule has 3 aromatic carbocycles. The molecule has 0 fully saturated rings. The first kappa shape index (κ1) is 18.7. The highest BCUT2D eigenvalue weighted by atomic mass is 16.5. The van der Waals surface area contributed by atoms with E-state index in [-0.39, 0.29) is 6.03 Å². The number of nitrogens with one attached hydrogen (secondary N) is 2. The third-order valence-corrected chi connectivity index (χ3v) is 4.50. The summed E-state index contributed by atoms with van der Waals surface area (Å²) in [6.45, 7) is 0.820. The Balaban J connectivity index is 1.46. The predicted octanol–water partition coefficient (Wildman–Crippen LogP) is 3.77. The number of ether oxygens (including phenoxy) is 1. The zero-order valence-electron chi connectivity index (χ0n) is 15.3. The number of benzene rings is 3. The highest BCUT2D eigenvalue weighted by molar-refractivity contribution is 5.86. The fourth-order valence-corrected chi connectivity index (χ4v) is 3.01. The molecule has 5 heteroatoms. The van der Waals surface area contributed by atoms with E-state index in [0.29, 0.717) is 19.5 Å². The highest BCUT2D eigenvalue weighted by Gasteiger charge is 2.11. The molecule has 0 saturated heterocycles. The summed E-state index contributed by atoms with van der Waals surface area (Å²) in [5, 5.41) is 18.2. The van der Waals surface area contributed by atoms with Gasteiger partial charge in [-0.05, 0) is 40.5 Å². The molecule has 0 radical (unpaired) electrons. The summed E-state index contributed by atoms with van der Waals surface area (Å²) in [5.41, 5.74) is 1.87. The van der Waals surface area contributed by atoms with Crippen LogP contribution in [0.4, 0.5) is 4.79 Å². The van der Waals surface area contributed by atoms with Gasteiger partial charge < -0.3 is 20.5 Å². The summed E-state index contributed by atoms with van der Waals surface area (Å²) < 4.78 is 5.11. The van der Waals surface area contributed by atoms with Gasteiger partial charge in [0.2, 0.25) is 0 Å². The number of carbonyl (C=O) groups is 1. The summed E-state index contributed by atoms with van der Waals surface area (Å²) in [5.74, 6) is 0.783. The van der Waals surface area contributed by atoms with Crippen LogP contribution in [0.2, 0.25) is 0 Å². The van der Waals surface area contributed by atoms with Crippen LogP contribution in [0, 0.1) is 0 Å². The van der Waals surface area contributed by atoms with Crippen LogP contribution in [0.5, 0.6) is 5.75 Å². The zero-order valence-corrected chi connectivity index (χ0v) is 15.3. The van der Waals surface area contributed by atoms with Crippen molar-refractivity contribution in [2.45, 2.75) is 19.1 Å². The molecule has 0 saturated carbocycles. The molecular weight excluding hydrogens is 340 g/mol. The number of fused-ring (bicyclic) bond motifs is 1. The van der Waals surface area contributed by atoms with Crippen molar-refractivity contribution in [2.24, 2.45) is 0 Å². The second-order valence-electron chi connectivity index (χ2n) is 6.33. The van der Waals surface area contributed by atoms with Gasteiger partial charge in [-0.25, -0.2) is 4.79 Å². The first-order valence-corrected chi connectivity index (χ1v) is 8.98. The number of amides is 2. The minimum absolute atomic E-state index is 0.254. The van der Waals surface area contributed by atoms with Gasteiger partial charge >= 0.3 is 6.03 Å². The number of hydrogen-bond donors (Lipinski definition) is 3. The van der Waals surface area contributed by atoms with Gasteiger partial charge in [-0.15, -0.1) is 0 Å². The molecular formula is C22H24N2O3. The monoisotopic (exact) mass is 364 g/mol. The van der Waals surface area contributed by atoms with Crippen molar-refractivity contribution in [3.8, 4) is 5.75 Å². The molecule has 2 amide bonds. The largest absolute Gasteiger partial charge is 0.497 e. The lowest BCUT2D eigenvalue weighted by atomic mass is 9.99. The number of urea groups is 1. The van der Waals surface area contributed by atoms with E-state index in [9.17, 15) is 9.90 Å². The van der Waals surface area contributed by atoms with Gasteiger partial charge in [0.1, 0.15) is 5.75 Å². The molecule has 5 nitrogen and oxygen atoms in total. The molecule has 27 heavy (non-hydrogen) atoms. The fraction of sp³-hybridized carbons (Fsp3) is 0.227. The van der Waals surface area contributed by atoms with Gasteiger partial charge in [0.25, 0.3) is 0 Å². The van der Waals surface area contributed by atoms with Crippen molar-refractivity contribution in [1.82, 2.24) is 10.6 Å². The second kappa shape index (κ2) is 9.05. The molecule has 0 aliphatic rings. The van der Waals surface area contributed by atoms with Gasteiger partial charge in [-0.1, -0.05) is 54.6 Å². The van der Waals surface area contributed by atoms with E-state index >= 15 is 0 Å². The first-order valence-electron chi connectivity index (χ1n) is 8.98. The lowest BCUT2D eigenvalue weighted by Gasteiger charge is -2.14. The van der Waals surface area contributed by atoms with Crippen LogP contribution < -0.4 is 15.4 Å². The molecule has 3 N–H and O–H groups in total. The fourth-order valence-electron chi connectivity index (χ4n) is 3.01. The van der Waals surface area contributed by atoms with Gasteiger partial charge in [0.05, 0.1) is 13.2 Å². The van der Waals surface area contributed by atoms with Crippen LogP contribution in [0.1, 0.15) is 23.7 Å². The maximum Gasteiger partial charge on any atom is 0.315 e. The lowest BCUT2D eigenvalue weighted by Crippen LogP contribution is -2.36. The summed E-state index contributed by atoms with van der Waals surface area (Å²) in [6.07, 6.45) is -0.178. The van der Waals surface area contributed by atoms with Gasteiger partial charge in [-0.3, -0.25) is 0 Å². The van der Waals surface area contributed by atoms with Gasteiger partial charge in [0.15, 0.2) is 0 Å². The Labute approximate surface area is 159 Å². The SMILES string of the molecule is COc1ccc(CNC(=O)NCC[C@H](O)c2cccc3ccccc23)cc1. The standard InChI is InChI=1S/C22H24N2O3/c1-27-18-11-9-16(10-12-18)15-24-22(26)23-14-13-21(25)20-8-4-6-17-5-2-3-7-19(17)20/h2-12,21,25H,13-15H2,1H3,(H2,23,24,26)/t21-/m0/s1. The van der Waals surface area contributed by atoms with Crippen molar-refractivity contribution in [3.63, 3.8) is 0 Å². The first-order chi connectivity index (χ1) is 13.2. The van der Waals surface area contributed by atoms with E-state index in [1.54, 1.807) is 7.11 Å². The maximum absolute atomic E-state index is 11.9. The van der Waals surface area contributed by atoms with E-state index in [0.717, 1.165) is 27.6 Å². The molecule has 0 bridgehead atoms. The predicted molar refractivity (Wildman–Crippen MR) is 107 cm³/mol. The normalized spacial score (nSPS) is 11.8. The van der Waals surface area contributed by atoms with Crippen molar-refractivity contribution in [1.29, 1.82) is 0 Å². The van der Waals surface area contributed by atoms with E-state index in [4.69, 9.17) is 4.74 Å². The number of hydrogen-bond acceptors (Lipinski definition) is 3. The number of carbonyl (C=O) groups excluding carboxylic acids is 1. The molecule has 0 unspecified atom stereocenters. The lowest BCUT2D eigenvalue weighted by molar-refractivity contribution is 0.168. The molecule has 0 aliphatic heterocycles. The second-order valence-corrected chi connectivity index (χ2v) is 6.33. The zero-order chi connectivity index (χ0) is 19.1. The minimum Gasteiger partial charge on any atom is -0.497 e. The quantitative estimate of drug-likeness (QED) is 0.598. The smallest absolute Gasteiger partial charge is 0.315 e. The maximum atomic E-state index is 11.9. The van der Waals surface area contributed by atoms with Gasteiger partial charge in [0, 0.05) is 13.1 Å². The van der Waals surface area contributed by atoms with Crippen molar-refractivity contribution in [2.75, 3.05) is 13.7 Å². The Hall–Kier alpha value is -3.05. The Morgan fingerprint density at radius 2 is 1.74 bits per heavy atom. The molecule has 3 rings (SSSR count). The Morgan fingerprint density at radius 1 is 1.00 bits per heavy atom. The molecule has 0 aliphatic carbocycles. The minimum atomic E-state index is -0.627. The van der Waals surface area contributed by atoms with Crippen LogP contribution in [0.3, 0.4) is 0 Å². The van der Waals surface area contributed by atoms with Gasteiger partial charge in [-0.2, -0.15) is 0 Å². The van der Waals surface area contributed by atoms with E-state index in [1.807, 2.05) is 66.7 Å². The molecule has 0 spiro atoms. The molecule has 0 heterocycles. The van der Waals surface area contributed by atoms with E-state index < -0.39 is 6.10 Å². The molecule has 3 aromatic rings. The molecule has 140 valence electrons. The van der Waals surface area contributed by atoms with E-state index in [2.05, 4.69) is 10.6 Å². The number of rotatable bonds is 7. The summed E-state index contributed by atoms with van der Waals surface area (Å²) in [6, 6.07) is 21.1. The Bertz CT molecular complexity index is 888. The van der Waals surface area contributed by atoms with Crippen molar-refractivity contribution < 1.29 is 14.6 Å². The van der Waals surface area contributed by atoms with Crippen LogP contribution in [0.25, 0.3) is 10.8 Å². The van der Waals surface area contributed by atoms with Crippen LogP contribution in [0.15, 0.2) is 66.7 Å². The van der Waals surface area contributed by atoms with E-state index in [1.165, 1.54) is 0 Å². The Morgan fingerprint density at radius 3 is 2.52 bits per heavy atom. The van der Waals surface area contributed by atoms with Crippen LogP contribution in [-0.4, -0.2) is 24.8 Å². The number of aliphatic hydroxyl groups is 1. The number of aliphatic hydroxyl groups excluding tert-OH is 1. The average Bonchev–Trinajstić information content (AvgIpc) is 2.72. The third kappa shape index (κ3) is 4.99. The van der Waals surface area contributed by atoms with Crippen molar-refractivity contribution in [3.05, 3.63) is 77.9 Å². The van der Waals surface area contributed by atoms with Crippen LogP contribution in [-0.2, 0) is 6.54 Å². The van der Waals surface area contributed by atoms with Crippen molar-refractivity contribution >= 4 is 16.8 Å². The summed E-state index contributed by atoms with van der Waals surface area (Å²) >= 11 is 0. The molecule has 1 atom stereocenters. The summed E-state index contributed by atoms with van der Waals surface area (Å²) in [7, 11) is 1.62. The summed E-state index contributed by atoms with van der Waals surface area (Å²) in [4.78, 5) is 11.9. The third-order valence-electron chi connectivity index (χ3n) is 4.50. The highest BCUT2D eigenvalue weighted by Crippen LogP contribution is 2.25. The Kier molecular flexibility index (Phi) is 6.28.